The van der Waals surface area contributed by atoms with Gasteiger partial charge in [-0.05, 0) is 37.3 Å². The van der Waals surface area contributed by atoms with Crippen molar-refractivity contribution in [1.29, 1.82) is 0 Å². The lowest BCUT2D eigenvalue weighted by Crippen LogP contribution is -2.11. The summed E-state index contributed by atoms with van der Waals surface area (Å²) in [5.41, 5.74) is 2.00. The van der Waals surface area contributed by atoms with E-state index in [1.165, 1.54) is 0 Å². The Kier molecular flexibility index (Phi) is 3.94. The number of hydrogen-bond acceptors (Lipinski definition) is 4. The van der Waals surface area contributed by atoms with Gasteiger partial charge in [0.2, 0.25) is 0 Å². The number of H-pyrrole nitrogens is 1. The van der Waals surface area contributed by atoms with E-state index in [0.29, 0.717) is 10.7 Å². The number of thiophene rings is 1. The lowest BCUT2D eigenvalue weighted by molar-refractivity contribution is 0.603. The van der Waals surface area contributed by atoms with Gasteiger partial charge in [0.15, 0.2) is 0 Å². The van der Waals surface area contributed by atoms with Gasteiger partial charge in [-0.15, -0.1) is 11.3 Å². The third-order valence-corrected chi connectivity index (χ3v) is 6.22. The van der Waals surface area contributed by atoms with Crippen LogP contribution in [0.25, 0.3) is 10.6 Å². The molecule has 0 aliphatic rings. The number of rotatable bonds is 4. The second-order valence-electron chi connectivity index (χ2n) is 4.64. The van der Waals surface area contributed by atoms with E-state index in [0.717, 1.165) is 27.6 Å². The van der Waals surface area contributed by atoms with E-state index in [4.69, 9.17) is 11.6 Å². The fourth-order valence-electron chi connectivity index (χ4n) is 1.89. The molecule has 0 amide bonds. The zero-order valence-electron chi connectivity index (χ0n) is 11.5. The Morgan fingerprint density at radius 1 is 1.23 bits per heavy atom. The maximum atomic E-state index is 12.4. The van der Waals surface area contributed by atoms with E-state index in [-0.39, 0.29) is 4.21 Å². The zero-order valence-corrected chi connectivity index (χ0v) is 13.9. The summed E-state index contributed by atoms with van der Waals surface area (Å²) in [6, 6.07) is 11.9. The van der Waals surface area contributed by atoms with Crippen molar-refractivity contribution in [3.05, 3.63) is 53.2 Å². The largest absolute Gasteiger partial charge is 0.282 e. The molecule has 3 aromatic rings. The molecule has 0 aliphatic heterocycles. The van der Waals surface area contributed by atoms with Gasteiger partial charge >= 0.3 is 0 Å². The first-order valence-electron chi connectivity index (χ1n) is 6.35. The monoisotopic (exact) mass is 353 g/mol. The first kappa shape index (κ1) is 15.1. The molecule has 0 saturated carbocycles. The number of halogens is 1. The van der Waals surface area contributed by atoms with Gasteiger partial charge in [-0.1, -0.05) is 23.7 Å². The molecule has 0 fully saturated rings. The van der Waals surface area contributed by atoms with Gasteiger partial charge in [0.05, 0.1) is 15.6 Å². The van der Waals surface area contributed by atoms with Crippen LogP contribution in [-0.2, 0) is 10.0 Å². The minimum atomic E-state index is -3.67. The summed E-state index contributed by atoms with van der Waals surface area (Å²) in [5, 5.41) is 7.32. The molecule has 8 heteroatoms. The van der Waals surface area contributed by atoms with Crippen LogP contribution >= 0.6 is 22.9 Å². The van der Waals surface area contributed by atoms with Gasteiger partial charge in [0.25, 0.3) is 10.0 Å². The quantitative estimate of drug-likeness (QED) is 0.746. The van der Waals surface area contributed by atoms with Crippen LogP contribution in [0.5, 0.6) is 0 Å². The van der Waals surface area contributed by atoms with E-state index in [9.17, 15) is 8.42 Å². The molecule has 5 nitrogen and oxygen atoms in total. The van der Waals surface area contributed by atoms with Crippen molar-refractivity contribution >= 4 is 38.6 Å². The minimum absolute atomic E-state index is 0.211. The molecule has 0 bridgehead atoms. The maximum absolute atomic E-state index is 12.4. The summed E-state index contributed by atoms with van der Waals surface area (Å²) < 4.78 is 27.5. The molecule has 114 valence electrons. The minimum Gasteiger partial charge on any atom is -0.282 e. The number of benzene rings is 1. The number of aromatic nitrogens is 2. The summed E-state index contributed by atoms with van der Waals surface area (Å²) in [4.78, 5) is 0.781. The van der Waals surface area contributed by atoms with Crippen molar-refractivity contribution in [3.63, 3.8) is 0 Å². The molecule has 1 aromatic carbocycles. The van der Waals surface area contributed by atoms with Gasteiger partial charge in [-0.2, -0.15) is 5.10 Å². The van der Waals surface area contributed by atoms with Crippen molar-refractivity contribution < 1.29 is 8.42 Å². The number of nitrogens with one attached hydrogen (secondary N) is 2. The fourth-order valence-corrected chi connectivity index (χ4v) is 4.47. The summed E-state index contributed by atoms with van der Waals surface area (Å²) in [6.45, 7) is 1.89. The van der Waals surface area contributed by atoms with Crippen molar-refractivity contribution in [2.75, 3.05) is 4.72 Å². The molecular weight excluding hydrogens is 342 g/mol. The highest BCUT2D eigenvalue weighted by atomic mass is 35.5. The number of anilines is 1. The predicted octanol–water partition coefficient (Wildman–Crippen LogP) is 3.90. The van der Waals surface area contributed by atoms with E-state index < -0.39 is 10.0 Å². The number of para-hydroxylation sites is 1. The highest BCUT2D eigenvalue weighted by molar-refractivity contribution is 7.94. The standard InChI is InChI=1S/C14H12ClN3O2S2/c1-9-8-12(17-16-9)13-6-7-14(21-13)22(19,20)18-11-5-3-2-4-10(11)15/h2-8,18H,1H3,(H,16,17). The molecule has 22 heavy (non-hydrogen) atoms. The smallest absolute Gasteiger partial charge is 0.271 e. The second kappa shape index (κ2) is 5.75. The molecule has 2 N–H and O–H groups in total. The third kappa shape index (κ3) is 3.01. The number of sulfonamides is 1. The Labute approximate surface area is 137 Å². The molecule has 0 aliphatic carbocycles. The van der Waals surface area contributed by atoms with Crippen LogP contribution in [0, 0.1) is 6.92 Å². The van der Waals surface area contributed by atoms with E-state index in [1.54, 1.807) is 36.4 Å². The molecule has 0 atom stereocenters. The Morgan fingerprint density at radius 3 is 2.68 bits per heavy atom. The lowest BCUT2D eigenvalue weighted by Gasteiger charge is -2.07. The summed E-state index contributed by atoms with van der Waals surface area (Å²) in [7, 11) is -3.67. The maximum Gasteiger partial charge on any atom is 0.271 e. The van der Waals surface area contributed by atoms with Crippen molar-refractivity contribution in [2.45, 2.75) is 11.1 Å². The zero-order chi connectivity index (χ0) is 15.7. The molecule has 3 rings (SSSR count). The highest BCUT2D eigenvalue weighted by Gasteiger charge is 2.19. The van der Waals surface area contributed by atoms with Gasteiger partial charge in [-0.3, -0.25) is 9.82 Å². The van der Waals surface area contributed by atoms with Crippen LogP contribution in [0.4, 0.5) is 5.69 Å². The summed E-state index contributed by atoms with van der Waals surface area (Å²) >= 11 is 7.14. The molecule has 0 saturated heterocycles. The van der Waals surface area contributed by atoms with Crippen LogP contribution < -0.4 is 4.72 Å². The Balaban J connectivity index is 1.90. The second-order valence-corrected chi connectivity index (χ2v) is 8.04. The Hall–Kier alpha value is -1.83. The lowest BCUT2D eigenvalue weighted by atomic mass is 10.3. The number of nitrogens with zero attached hydrogens (tertiary/aromatic N) is 1. The van der Waals surface area contributed by atoms with Crippen molar-refractivity contribution in [1.82, 2.24) is 10.2 Å². The Morgan fingerprint density at radius 2 is 2.00 bits per heavy atom. The van der Waals surface area contributed by atoms with Gasteiger partial charge in [0, 0.05) is 5.69 Å². The van der Waals surface area contributed by atoms with E-state index in [1.807, 2.05) is 13.0 Å². The third-order valence-electron chi connectivity index (χ3n) is 2.92. The molecule has 0 unspecified atom stereocenters. The van der Waals surface area contributed by atoms with Gasteiger partial charge < -0.3 is 0 Å². The molecule has 0 spiro atoms. The first-order valence-corrected chi connectivity index (χ1v) is 9.03. The van der Waals surface area contributed by atoms with Crippen molar-refractivity contribution in [2.24, 2.45) is 0 Å². The fraction of sp³-hybridized carbons (Fsp3) is 0.0714. The Bertz CT molecular complexity index is 916. The molecule has 2 aromatic heterocycles. The van der Waals surface area contributed by atoms with Gasteiger partial charge in [0.1, 0.15) is 9.90 Å². The summed E-state index contributed by atoms with van der Waals surface area (Å²) in [5.74, 6) is 0. The van der Waals surface area contributed by atoms with E-state index in [2.05, 4.69) is 14.9 Å². The average Bonchev–Trinajstić information content (AvgIpc) is 3.10. The van der Waals surface area contributed by atoms with Crippen LogP contribution in [-0.4, -0.2) is 18.6 Å². The molecule has 2 heterocycles. The number of aryl methyl sites for hydroxylation is 1. The normalized spacial score (nSPS) is 11.5. The average molecular weight is 354 g/mol. The summed E-state index contributed by atoms with van der Waals surface area (Å²) in [6.07, 6.45) is 0. The first-order chi connectivity index (χ1) is 10.5. The molecule has 0 radical (unpaired) electrons. The van der Waals surface area contributed by atoms with Crippen molar-refractivity contribution in [3.8, 4) is 10.6 Å². The predicted molar refractivity (Wildman–Crippen MR) is 88.9 cm³/mol. The van der Waals surface area contributed by atoms with Gasteiger partial charge in [-0.25, -0.2) is 8.42 Å². The molecular formula is C14H12ClN3O2S2. The van der Waals surface area contributed by atoms with E-state index >= 15 is 0 Å². The number of aromatic amines is 1. The van der Waals surface area contributed by atoms with Crippen LogP contribution in [0.15, 0.2) is 46.7 Å². The highest BCUT2D eigenvalue weighted by Crippen LogP contribution is 2.32. The van der Waals surface area contributed by atoms with Crippen LogP contribution in [0.3, 0.4) is 0 Å². The van der Waals surface area contributed by atoms with Crippen LogP contribution in [0.2, 0.25) is 5.02 Å². The number of hydrogen-bond donors (Lipinski definition) is 2. The topological polar surface area (TPSA) is 74.8 Å². The van der Waals surface area contributed by atoms with Crippen LogP contribution in [0.1, 0.15) is 5.69 Å². The SMILES string of the molecule is Cc1cc(-c2ccc(S(=O)(=O)Nc3ccccc3Cl)s2)n[nH]1.